The molecule has 1 aromatic carbocycles. The van der Waals surface area contributed by atoms with Crippen LogP contribution in [0.1, 0.15) is 31.2 Å². The number of rotatable bonds is 4. The lowest BCUT2D eigenvalue weighted by Crippen LogP contribution is -2.49. The average Bonchev–Trinajstić information content (AvgIpc) is 2.88. The van der Waals surface area contributed by atoms with E-state index in [1.165, 1.54) is 18.4 Å². The second-order valence-corrected chi connectivity index (χ2v) is 5.45. The van der Waals surface area contributed by atoms with E-state index in [-0.39, 0.29) is 17.3 Å². The third-order valence-electron chi connectivity index (χ3n) is 4.11. The van der Waals surface area contributed by atoms with Gasteiger partial charge in [-0.25, -0.2) is 0 Å². The molecular weight excluding hydrogens is 246 g/mol. The molecule has 0 radical (unpaired) electrons. The van der Waals surface area contributed by atoms with Crippen molar-refractivity contribution < 1.29 is 4.79 Å². The third kappa shape index (κ3) is 2.69. The second-order valence-electron chi connectivity index (χ2n) is 5.18. The Kier molecular flexibility index (Phi) is 4.28. The fraction of sp³-hybridized carbons (Fsp3) is 0.533. The van der Waals surface area contributed by atoms with Gasteiger partial charge in [-0.2, -0.15) is 0 Å². The van der Waals surface area contributed by atoms with Crippen LogP contribution in [-0.2, 0) is 11.2 Å². The summed E-state index contributed by atoms with van der Waals surface area (Å²) in [7, 11) is 1.90. The molecule has 18 heavy (non-hydrogen) atoms. The minimum Gasteiger partial charge on any atom is -0.339 e. The van der Waals surface area contributed by atoms with Gasteiger partial charge in [-0.15, -0.1) is 11.6 Å². The molecule has 1 aliphatic rings. The van der Waals surface area contributed by atoms with Crippen molar-refractivity contribution in [2.75, 3.05) is 12.9 Å². The van der Waals surface area contributed by atoms with E-state index in [2.05, 4.69) is 24.3 Å². The van der Waals surface area contributed by atoms with Gasteiger partial charge in [0.25, 0.3) is 0 Å². The van der Waals surface area contributed by atoms with Gasteiger partial charge in [0.15, 0.2) is 0 Å². The number of halogens is 1. The quantitative estimate of drug-likeness (QED) is 0.766. The molecule has 0 aromatic heterocycles. The first-order chi connectivity index (χ1) is 8.68. The van der Waals surface area contributed by atoms with Crippen molar-refractivity contribution in [3.8, 4) is 0 Å². The van der Waals surface area contributed by atoms with Gasteiger partial charge in [0, 0.05) is 12.6 Å². The molecule has 1 fully saturated rings. The number of hydrogen-bond donors (Lipinski definition) is 0. The Bertz CT molecular complexity index is 398. The predicted octanol–water partition coefficient (Wildman–Crippen LogP) is 3.24. The summed E-state index contributed by atoms with van der Waals surface area (Å²) in [6.07, 6.45) is 5.51. The Morgan fingerprint density at radius 1 is 1.28 bits per heavy atom. The van der Waals surface area contributed by atoms with Crippen LogP contribution in [0.3, 0.4) is 0 Å². The molecule has 1 amide bonds. The molecule has 2 nitrogen and oxygen atoms in total. The minimum absolute atomic E-state index is 0.0205. The first-order valence-corrected chi connectivity index (χ1v) is 7.08. The molecule has 0 spiro atoms. The van der Waals surface area contributed by atoms with E-state index in [0.29, 0.717) is 0 Å². The number of amides is 1. The van der Waals surface area contributed by atoms with Crippen LogP contribution in [0.5, 0.6) is 0 Å². The summed E-state index contributed by atoms with van der Waals surface area (Å²) < 4.78 is 0. The smallest absolute Gasteiger partial charge is 0.237 e. The number of likely N-dealkylation sites (N-methyl/N-ethyl adjacent to an activating group) is 1. The topological polar surface area (TPSA) is 20.3 Å². The van der Waals surface area contributed by atoms with Crippen molar-refractivity contribution in [2.24, 2.45) is 0 Å². The molecule has 98 valence electrons. The maximum atomic E-state index is 11.9. The van der Waals surface area contributed by atoms with E-state index >= 15 is 0 Å². The Balaban J connectivity index is 2.19. The van der Waals surface area contributed by atoms with Crippen molar-refractivity contribution in [2.45, 2.75) is 37.6 Å². The van der Waals surface area contributed by atoms with E-state index in [4.69, 9.17) is 11.6 Å². The van der Waals surface area contributed by atoms with Gasteiger partial charge in [0.05, 0.1) is 0 Å². The summed E-state index contributed by atoms with van der Waals surface area (Å²) in [5.74, 6) is 0.113. The Hall–Kier alpha value is -1.02. The number of alkyl halides is 1. The Morgan fingerprint density at radius 2 is 1.89 bits per heavy atom. The average molecular weight is 266 g/mol. The van der Waals surface area contributed by atoms with Gasteiger partial charge < -0.3 is 4.90 Å². The number of benzene rings is 1. The molecule has 0 aliphatic heterocycles. The lowest BCUT2D eigenvalue weighted by Gasteiger charge is -2.39. The zero-order chi connectivity index (χ0) is 13.0. The number of nitrogens with zero attached hydrogens (tertiary/aromatic N) is 1. The number of carbonyl (C=O) groups excluding carboxylic acids is 1. The van der Waals surface area contributed by atoms with E-state index in [1.54, 1.807) is 0 Å². The Morgan fingerprint density at radius 3 is 2.44 bits per heavy atom. The SMILES string of the molecule is CN(C(=O)CCl)C1(Cc2ccccc2)CCCC1. The first-order valence-electron chi connectivity index (χ1n) is 6.54. The third-order valence-corrected chi connectivity index (χ3v) is 4.34. The molecule has 1 aromatic rings. The zero-order valence-electron chi connectivity index (χ0n) is 10.9. The molecule has 0 bridgehead atoms. The molecular formula is C15H20ClNO. The number of carbonyl (C=O) groups is 1. The maximum absolute atomic E-state index is 11.9. The van der Waals surface area contributed by atoms with E-state index < -0.39 is 0 Å². The van der Waals surface area contributed by atoms with Gasteiger partial charge in [-0.3, -0.25) is 4.79 Å². The molecule has 0 unspecified atom stereocenters. The lowest BCUT2D eigenvalue weighted by atomic mass is 9.87. The van der Waals surface area contributed by atoms with Crippen molar-refractivity contribution in [1.29, 1.82) is 0 Å². The molecule has 0 heterocycles. The summed E-state index contributed by atoms with van der Waals surface area (Å²) in [6.45, 7) is 0. The van der Waals surface area contributed by atoms with Crippen molar-refractivity contribution in [3.63, 3.8) is 0 Å². The molecule has 1 saturated carbocycles. The van der Waals surface area contributed by atoms with Crippen molar-refractivity contribution >= 4 is 17.5 Å². The summed E-state index contributed by atoms with van der Waals surface area (Å²) in [4.78, 5) is 13.8. The van der Waals surface area contributed by atoms with Crippen molar-refractivity contribution in [3.05, 3.63) is 35.9 Å². The maximum Gasteiger partial charge on any atom is 0.237 e. The number of hydrogen-bond acceptors (Lipinski definition) is 1. The first kappa shape index (κ1) is 13.4. The lowest BCUT2D eigenvalue weighted by molar-refractivity contribution is -0.132. The monoisotopic (exact) mass is 265 g/mol. The summed E-state index contributed by atoms with van der Waals surface area (Å²) in [5, 5.41) is 0. The van der Waals surface area contributed by atoms with Crippen LogP contribution < -0.4 is 0 Å². The summed E-state index contributed by atoms with van der Waals surface area (Å²) in [6, 6.07) is 10.4. The van der Waals surface area contributed by atoms with Crippen molar-refractivity contribution in [1.82, 2.24) is 4.90 Å². The molecule has 0 atom stereocenters. The van der Waals surface area contributed by atoms with Crippen LogP contribution in [0.25, 0.3) is 0 Å². The van der Waals surface area contributed by atoms with Crippen LogP contribution >= 0.6 is 11.6 Å². The van der Waals surface area contributed by atoms with E-state index in [1.807, 2.05) is 18.0 Å². The standard InChI is InChI=1S/C15H20ClNO/c1-17(14(18)12-16)15(9-5-6-10-15)11-13-7-3-2-4-8-13/h2-4,7-8H,5-6,9-12H2,1H3. The van der Waals surface area contributed by atoms with Gasteiger partial charge in [0.2, 0.25) is 5.91 Å². The second kappa shape index (κ2) is 5.75. The molecule has 0 saturated heterocycles. The van der Waals surface area contributed by atoms with Gasteiger partial charge in [-0.05, 0) is 24.8 Å². The zero-order valence-corrected chi connectivity index (χ0v) is 11.6. The molecule has 2 rings (SSSR count). The van der Waals surface area contributed by atoms with Gasteiger partial charge in [-0.1, -0.05) is 43.2 Å². The highest BCUT2D eigenvalue weighted by atomic mass is 35.5. The van der Waals surface area contributed by atoms with Crippen LogP contribution in [-0.4, -0.2) is 29.3 Å². The van der Waals surface area contributed by atoms with Gasteiger partial charge >= 0.3 is 0 Å². The van der Waals surface area contributed by atoms with Crippen LogP contribution in [0.15, 0.2) is 30.3 Å². The predicted molar refractivity (Wildman–Crippen MR) is 74.8 cm³/mol. The van der Waals surface area contributed by atoms with Crippen LogP contribution in [0.2, 0.25) is 0 Å². The molecule has 3 heteroatoms. The highest BCUT2D eigenvalue weighted by molar-refractivity contribution is 6.27. The summed E-state index contributed by atoms with van der Waals surface area (Å²) >= 11 is 5.70. The fourth-order valence-corrected chi connectivity index (χ4v) is 3.17. The molecule has 0 N–H and O–H groups in total. The minimum atomic E-state index is -0.0205. The van der Waals surface area contributed by atoms with E-state index in [0.717, 1.165) is 19.3 Å². The largest absolute Gasteiger partial charge is 0.339 e. The Labute approximate surface area is 114 Å². The highest BCUT2D eigenvalue weighted by Crippen LogP contribution is 2.37. The fourth-order valence-electron chi connectivity index (χ4n) is 2.99. The molecule has 1 aliphatic carbocycles. The normalized spacial score (nSPS) is 17.7. The highest BCUT2D eigenvalue weighted by Gasteiger charge is 2.39. The van der Waals surface area contributed by atoms with E-state index in [9.17, 15) is 4.79 Å². The van der Waals surface area contributed by atoms with Crippen LogP contribution in [0.4, 0.5) is 0 Å². The van der Waals surface area contributed by atoms with Crippen LogP contribution in [0, 0.1) is 0 Å². The summed E-state index contributed by atoms with van der Waals surface area (Å²) in [5.41, 5.74) is 1.28. The van der Waals surface area contributed by atoms with Gasteiger partial charge in [0.1, 0.15) is 5.88 Å².